The average molecular weight is 758 g/mol. The summed E-state index contributed by atoms with van der Waals surface area (Å²) in [6.07, 6.45) is 7.74. The van der Waals surface area contributed by atoms with Crippen molar-refractivity contribution < 1.29 is 0 Å². The minimum atomic E-state index is 0.514. The van der Waals surface area contributed by atoms with Gasteiger partial charge >= 0.3 is 0 Å². The number of amidine groups is 1. The maximum absolute atomic E-state index is 7.54. The molecule has 294 valence electrons. The number of imidazole rings is 1. The van der Waals surface area contributed by atoms with Gasteiger partial charge in [0.15, 0.2) is 11.4 Å². The maximum Gasteiger partial charge on any atom is 0.187 e. The molecule has 0 radical (unpaired) electrons. The van der Waals surface area contributed by atoms with E-state index in [1.54, 1.807) is 6.07 Å². The summed E-state index contributed by atoms with van der Waals surface area (Å²) >= 11 is 0. The van der Waals surface area contributed by atoms with E-state index in [0.717, 1.165) is 72.9 Å². The highest BCUT2D eigenvalue weighted by atomic mass is 15.2. The Labute approximate surface area is 342 Å². The molecule has 2 heterocycles. The lowest BCUT2D eigenvalue weighted by molar-refractivity contribution is 0.631. The number of nitriles is 1. The van der Waals surface area contributed by atoms with Crippen LogP contribution in [-0.4, -0.2) is 28.5 Å². The molecular formula is C50H59N7. The van der Waals surface area contributed by atoms with Crippen molar-refractivity contribution in [2.45, 2.75) is 88.0 Å². The minimum Gasteiger partial charge on any atom is -0.324 e. The Hall–Kier alpha value is -5.97. The van der Waals surface area contributed by atoms with Gasteiger partial charge in [-0.15, -0.1) is 0 Å². The Morgan fingerprint density at radius 1 is 0.649 bits per heavy atom. The number of nitrogens with zero attached hydrogens (tertiary/aromatic N) is 7. The molecule has 1 aliphatic heterocycles. The van der Waals surface area contributed by atoms with Crippen molar-refractivity contribution in [2.24, 2.45) is 28.7 Å². The summed E-state index contributed by atoms with van der Waals surface area (Å²) in [5.41, 5.74) is 11.2. The molecule has 0 unspecified atom stereocenters. The number of benzene rings is 4. The Kier molecular flexibility index (Phi) is 16.4. The molecule has 0 saturated heterocycles. The maximum atomic E-state index is 7.54. The zero-order valence-electron chi connectivity index (χ0n) is 35.4. The second kappa shape index (κ2) is 21.4. The van der Waals surface area contributed by atoms with Gasteiger partial charge in [0.25, 0.3) is 0 Å². The number of aromatic nitrogens is 2. The summed E-state index contributed by atoms with van der Waals surface area (Å²) in [5.74, 6) is 4.11. The summed E-state index contributed by atoms with van der Waals surface area (Å²) < 4.78 is 2.21. The van der Waals surface area contributed by atoms with Gasteiger partial charge in [0, 0.05) is 42.7 Å². The van der Waals surface area contributed by atoms with Crippen LogP contribution in [-0.2, 0) is 25.7 Å². The van der Waals surface area contributed by atoms with Gasteiger partial charge in [-0.1, -0.05) is 140 Å². The highest BCUT2D eigenvalue weighted by Crippen LogP contribution is 2.37. The van der Waals surface area contributed by atoms with Crippen molar-refractivity contribution in [1.82, 2.24) is 9.55 Å². The van der Waals surface area contributed by atoms with Crippen LogP contribution in [0.1, 0.15) is 90.1 Å². The van der Waals surface area contributed by atoms with Gasteiger partial charge in [-0.2, -0.15) is 5.26 Å². The Balaban J connectivity index is 0.000000236. The first-order valence-corrected chi connectivity index (χ1v) is 20.2. The third-order valence-electron chi connectivity index (χ3n) is 9.33. The first-order valence-electron chi connectivity index (χ1n) is 20.2. The molecule has 1 aliphatic rings. The number of aliphatic imine (C=N–C) groups is 1. The van der Waals surface area contributed by atoms with Crippen LogP contribution in [0.3, 0.4) is 0 Å². The van der Waals surface area contributed by atoms with Crippen molar-refractivity contribution in [3.63, 3.8) is 0 Å². The molecule has 0 aliphatic carbocycles. The summed E-state index contributed by atoms with van der Waals surface area (Å²) in [6, 6.07) is 30.8. The Bertz CT molecular complexity index is 2140. The fourth-order valence-corrected chi connectivity index (χ4v) is 7.43. The molecule has 0 atom stereocenters. The van der Waals surface area contributed by atoms with E-state index in [9.17, 15) is 0 Å². The molecule has 6 rings (SSSR count). The average Bonchev–Trinajstić information content (AvgIpc) is 3.86. The Morgan fingerprint density at radius 2 is 1.05 bits per heavy atom. The lowest BCUT2D eigenvalue weighted by Crippen LogP contribution is -2.30. The molecule has 0 bridgehead atoms. The van der Waals surface area contributed by atoms with Gasteiger partial charge in [0.05, 0.1) is 31.4 Å². The fourth-order valence-electron chi connectivity index (χ4n) is 7.43. The number of anilines is 1. The topological polar surface area (TPSA) is 65.9 Å². The van der Waals surface area contributed by atoms with Crippen LogP contribution >= 0.6 is 0 Å². The van der Waals surface area contributed by atoms with Gasteiger partial charge in [-0.25, -0.2) is 14.7 Å². The molecule has 0 saturated carbocycles. The van der Waals surface area contributed by atoms with Crippen molar-refractivity contribution in [1.29, 1.82) is 5.26 Å². The first kappa shape index (κ1) is 43.8. The van der Waals surface area contributed by atoms with Crippen molar-refractivity contribution >= 4 is 22.9 Å². The lowest BCUT2D eigenvalue weighted by atomic mass is 9.92. The monoisotopic (exact) mass is 757 g/mol. The van der Waals surface area contributed by atoms with E-state index in [2.05, 4.69) is 140 Å². The van der Waals surface area contributed by atoms with Crippen LogP contribution in [0.2, 0.25) is 0 Å². The van der Waals surface area contributed by atoms with E-state index in [0.29, 0.717) is 23.7 Å². The van der Waals surface area contributed by atoms with Crippen LogP contribution < -0.4 is 4.90 Å². The highest BCUT2D eigenvalue weighted by Gasteiger charge is 2.26. The number of rotatable bonds is 12. The van der Waals surface area contributed by atoms with E-state index in [1.807, 2.05) is 36.7 Å². The molecule has 0 N–H and O–H groups in total. The van der Waals surface area contributed by atoms with E-state index in [1.165, 1.54) is 40.6 Å². The normalized spacial score (nSPS) is 12.0. The minimum absolute atomic E-state index is 0.514. The van der Waals surface area contributed by atoms with Gasteiger partial charge in [-0.3, -0.25) is 9.56 Å². The van der Waals surface area contributed by atoms with E-state index in [4.69, 9.17) is 23.4 Å². The van der Waals surface area contributed by atoms with Gasteiger partial charge in [0.1, 0.15) is 11.7 Å². The van der Waals surface area contributed by atoms with Crippen molar-refractivity contribution in [2.75, 3.05) is 18.0 Å². The smallest absolute Gasteiger partial charge is 0.187 e. The van der Waals surface area contributed by atoms with Crippen LogP contribution in [0, 0.1) is 48.1 Å². The number of hydrogen-bond donors (Lipinski definition) is 0. The quantitative estimate of drug-likeness (QED) is 0.119. The molecule has 0 amide bonds. The van der Waals surface area contributed by atoms with Crippen LogP contribution in [0.4, 0.5) is 17.1 Å². The standard InChI is InChI=1S/C24H29N3.C24H27N3.C2H3N/c2*1-17(2)13-20-15-22(25-5)16-21(14-18(3)4)23(20)27-12-11-26-24(27)19-9-7-6-8-10-19;1-2-3/h6-10,15-18H,11-14H2,1-4H3;6-12,15-18H,13-14H2,1-4H3;1H3. The van der Waals surface area contributed by atoms with E-state index in [-0.39, 0.29) is 0 Å². The number of hydrogen-bond acceptors (Lipinski definition) is 4. The van der Waals surface area contributed by atoms with Crippen molar-refractivity contribution in [3.05, 3.63) is 148 Å². The molecule has 4 aromatic carbocycles. The first-order chi connectivity index (χ1) is 27.4. The third-order valence-corrected chi connectivity index (χ3v) is 9.33. The highest BCUT2D eigenvalue weighted by molar-refractivity contribution is 6.12. The molecule has 7 heteroatoms. The lowest BCUT2D eigenvalue weighted by Gasteiger charge is -2.28. The van der Waals surface area contributed by atoms with E-state index < -0.39 is 0 Å². The molecule has 57 heavy (non-hydrogen) atoms. The Morgan fingerprint density at radius 3 is 1.46 bits per heavy atom. The van der Waals surface area contributed by atoms with Gasteiger partial charge in [0.2, 0.25) is 0 Å². The second-order valence-electron chi connectivity index (χ2n) is 16.3. The van der Waals surface area contributed by atoms with Gasteiger partial charge < -0.3 is 4.90 Å². The zero-order chi connectivity index (χ0) is 41.5. The summed E-state index contributed by atoms with van der Waals surface area (Å²) in [7, 11) is 0. The van der Waals surface area contributed by atoms with Crippen molar-refractivity contribution in [3.8, 4) is 23.1 Å². The van der Waals surface area contributed by atoms with Gasteiger partial charge in [-0.05, 0) is 71.6 Å². The van der Waals surface area contributed by atoms with Crippen LogP contribution in [0.15, 0.2) is 102 Å². The largest absolute Gasteiger partial charge is 0.324 e. The second-order valence-corrected chi connectivity index (χ2v) is 16.3. The fraction of sp³-hybridized carbons (Fsp3) is 0.380. The molecule has 1 aromatic heterocycles. The SMILES string of the molecule is CC#N.[C-]#[N+]c1cc(CC(C)C)c(-n2ccnc2-c2ccccc2)c(CC(C)C)c1.[C-]#[N+]c1cc(CC(C)C)c(N2CCN=C2c2ccccc2)c(CC(C)C)c1. The van der Waals surface area contributed by atoms with E-state index >= 15 is 0 Å². The summed E-state index contributed by atoms with van der Waals surface area (Å²) in [4.78, 5) is 19.4. The molecule has 0 fully saturated rings. The molecule has 5 aromatic rings. The van der Waals surface area contributed by atoms with Crippen LogP contribution in [0.25, 0.3) is 26.8 Å². The molecule has 0 spiro atoms. The molecular weight excluding hydrogens is 699 g/mol. The summed E-state index contributed by atoms with van der Waals surface area (Å²) in [6.45, 7) is 36.1. The molecule has 7 nitrogen and oxygen atoms in total. The van der Waals surface area contributed by atoms with Crippen LogP contribution in [0.5, 0.6) is 0 Å². The third kappa shape index (κ3) is 12.0. The predicted molar refractivity (Wildman–Crippen MR) is 239 cm³/mol. The predicted octanol–water partition coefficient (Wildman–Crippen LogP) is 12.9. The zero-order valence-corrected chi connectivity index (χ0v) is 35.4. The summed E-state index contributed by atoms with van der Waals surface area (Å²) in [5, 5.41) is 7.32.